The van der Waals surface area contributed by atoms with E-state index in [0.29, 0.717) is 11.5 Å². The van der Waals surface area contributed by atoms with Gasteiger partial charge >= 0.3 is 5.97 Å². The van der Waals surface area contributed by atoms with E-state index >= 15 is 0 Å². The van der Waals surface area contributed by atoms with E-state index in [0.717, 1.165) is 21.2 Å². The highest BCUT2D eigenvalue weighted by Crippen LogP contribution is 2.44. The second-order valence-electron chi connectivity index (χ2n) is 4.70. The van der Waals surface area contributed by atoms with Crippen LogP contribution in [0.3, 0.4) is 0 Å². The molecule has 3 rings (SSSR count). The van der Waals surface area contributed by atoms with Crippen molar-refractivity contribution in [3.8, 4) is 22.6 Å². The smallest absolute Gasteiger partial charge is 0.335 e. The van der Waals surface area contributed by atoms with Crippen LogP contribution in [0.15, 0.2) is 41.8 Å². The van der Waals surface area contributed by atoms with Crippen molar-refractivity contribution in [3.63, 3.8) is 0 Å². The first-order valence-corrected chi connectivity index (χ1v) is 7.49. The van der Waals surface area contributed by atoms with E-state index in [9.17, 15) is 9.90 Å². The second-order valence-corrected chi connectivity index (χ2v) is 5.61. The molecule has 0 radical (unpaired) electrons. The number of aromatic carboxylic acids is 1. The first-order valence-electron chi connectivity index (χ1n) is 6.61. The number of carbonyl (C=O) groups is 1. The lowest BCUT2D eigenvalue weighted by molar-refractivity contribution is 0.0697. The lowest BCUT2D eigenvalue weighted by Gasteiger charge is -2.12. The summed E-state index contributed by atoms with van der Waals surface area (Å²) in [6, 6.07) is 10.7. The minimum atomic E-state index is -0.939. The molecule has 0 aliphatic heterocycles. The number of carboxylic acid groups (broad SMARTS) is 1. The highest BCUT2D eigenvalue weighted by atomic mass is 32.1. The van der Waals surface area contributed by atoms with Crippen LogP contribution in [0, 0.1) is 0 Å². The molecule has 0 bridgehead atoms. The number of hydrogen-bond donors (Lipinski definition) is 1. The van der Waals surface area contributed by atoms with Gasteiger partial charge in [0.1, 0.15) is 11.5 Å². The molecule has 0 spiro atoms. The van der Waals surface area contributed by atoms with Crippen LogP contribution in [-0.4, -0.2) is 25.3 Å². The van der Waals surface area contributed by atoms with Gasteiger partial charge in [0.15, 0.2) is 0 Å². The molecular weight excluding hydrogens is 300 g/mol. The molecule has 0 saturated heterocycles. The number of benzene rings is 2. The predicted molar refractivity (Wildman–Crippen MR) is 87.3 cm³/mol. The number of methoxy groups -OCH3 is 2. The predicted octanol–water partition coefficient (Wildman–Crippen LogP) is 4.28. The molecule has 1 heterocycles. The third-order valence-corrected chi connectivity index (χ3v) is 4.48. The summed E-state index contributed by atoms with van der Waals surface area (Å²) in [4.78, 5) is 11.2. The molecule has 3 aromatic rings. The SMILES string of the molecule is COc1cccc(OC)c1-c1csc2ccc(C(=O)O)cc12. The van der Waals surface area contributed by atoms with E-state index in [-0.39, 0.29) is 5.56 Å². The van der Waals surface area contributed by atoms with Gasteiger partial charge in [0.05, 0.1) is 25.3 Å². The zero-order valence-electron chi connectivity index (χ0n) is 12.1. The molecule has 5 heteroatoms. The summed E-state index contributed by atoms with van der Waals surface area (Å²) in [5, 5.41) is 12.1. The van der Waals surface area contributed by atoms with Crippen molar-refractivity contribution < 1.29 is 19.4 Å². The fourth-order valence-corrected chi connectivity index (χ4v) is 3.40. The van der Waals surface area contributed by atoms with Gasteiger partial charge in [-0.1, -0.05) is 6.07 Å². The van der Waals surface area contributed by atoms with E-state index in [1.54, 1.807) is 37.7 Å². The topological polar surface area (TPSA) is 55.8 Å². The Hall–Kier alpha value is -2.53. The standard InChI is InChI=1S/C17H14O4S/c1-20-13-4-3-5-14(21-2)16(13)12-9-22-15-7-6-10(17(18)19)8-11(12)15/h3-9H,1-2H3,(H,18,19). The fraction of sp³-hybridized carbons (Fsp3) is 0.118. The lowest BCUT2D eigenvalue weighted by Crippen LogP contribution is -1.95. The van der Waals surface area contributed by atoms with Crippen LogP contribution in [0.5, 0.6) is 11.5 Å². The average molecular weight is 314 g/mol. The highest BCUT2D eigenvalue weighted by molar-refractivity contribution is 7.17. The molecular formula is C17H14O4S. The second kappa shape index (κ2) is 5.69. The number of fused-ring (bicyclic) bond motifs is 1. The van der Waals surface area contributed by atoms with Crippen LogP contribution < -0.4 is 9.47 Å². The monoisotopic (exact) mass is 314 g/mol. The zero-order chi connectivity index (χ0) is 15.7. The summed E-state index contributed by atoms with van der Waals surface area (Å²) in [6.07, 6.45) is 0. The Bertz CT molecular complexity index is 829. The van der Waals surface area contributed by atoms with E-state index in [2.05, 4.69) is 0 Å². The number of rotatable bonds is 4. The van der Waals surface area contributed by atoms with Crippen LogP contribution >= 0.6 is 11.3 Å². The molecule has 0 aliphatic carbocycles. The van der Waals surface area contributed by atoms with Crippen LogP contribution in [0.25, 0.3) is 21.2 Å². The minimum absolute atomic E-state index is 0.265. The summed E-state index contributed by atoms with van der Waals surface area (Å²) in [5.41, 5.74) is 2.01. The molecule has 1 aromatic heterocycles. The van der Waals surface area contributed by atoms with Gasteiger partial charge < -0.3 is 14.6 Å². The van der Waals surface area contributed by atoms with Crippen LogP contribution in [0.4, 0.5) is 0 Å². The fourth-order valence-electron chi connectivity index (χ4n) is 2.47. The Morgan fingerprint density at radius 2 is 1.77 bits per heavy atom. The maximum Gasteiger partial charge on any atom is 0.335 e. The average Bonchev–Trinajstić information content (AvgIpc) is 2.96. The largest absolute Gasteiger partial charge is 0.496 e. The molecule has 1 N–H and O–H groups in total. The molecule has 0 aliphatic rings. The van der Waals surface area contributed by atoms with Crippen LogP contribution in [0.1, 0.15) is 10.4 Å². The molecule has 0 atom stereocenters. The van der Waals surface area contributed by atoms with Gasteiger partial charge in [0.2, 0.25) is 0 Å². The van der Waals surface area contributed by atoms with Crippen molar-refractivity contribution in [1.82, 2.24) is 0 Å². The molecule has 0 saturated carbocycles. The summed E-state index contributed by atoms with van der Waals surface area (Å²) in [7, 11) is 3.21. The molecule has 0 amide bonds. The van der Waals surface area contributed by atoms with Gasteiger partial charge in [0, 0.05) is 21.0 Å². The first-order chi connectivity index (χ1) is 10.7. The summed E-state index contributed by atoms with van der Waals surface area (Å²) < 4.78 is 11.9. The number of carboxylic acids is 1. The Kier molecular flexibility index (Phi) is 3.73. The van der Waals surface area contributed by atoms with E-state index in [1.807, 2.05) is 29.6 Å². The highest BCUT2D eigenvalue weighted by Gasteiger charge is 2.17. The molecule has 0 fully saturated rings. The Balaban J connectivity index is 2.31. The quantitative estimate of drug-likeness (QED) is 0.781. The summed E-state index contributed by atoms with van der Waals surface area (Å²) in [6.45, 7) is 0. The molecule has 2 aromatic carbocycles. The van der Waals surface area contributed by atoms with E-state index in [1.165, 1.54) is 0 Å². The van der Waals surface area contributed by atoms with Gasteiger partial charge in [-0.15, -0.1) is 11.3 Å². The summed E-state index contributed by atoms with van der Waals surface area (Å²) >= 11 is 1.56. The van der Waals surface area contributed by atoms with Gasteiger partial charge in [-0.2, -0.15) is 0 Å². The molecule has 0 unspecified atom stereocenters. The van der Waals surface area contributed by atoms with Crippen molar-refractivity contribution >= 4 is 27.4 Å². The maximum atomic E-state index is 11.2. The Morgan fingerprint density at radius 3 is 2.36 bits per heavy atom. The number of hydrogen-bond acceptors (Lipinski definition) is 4. The maximum absolute atomic E-state index is 11.2. The Labute approximate surface area is 131 Å². The number of ether oxygens (including phenoxy) is 2. The van der Waals surface area contributed by atoms with E-state index in [4.69, 9.17) is 9.47 Å². The minimum Gasteiger partial charge on any atom is -0.496 e. The van der Waals surface area contributed by atoms with Crippen molar-refractivity contribution in [2.45, 2.75) is 0 Å². The van der Waals surface area contributed by atoms with Gasteiger partial charge in [-0.05, 0) is 30.3 Å². The Morgan fingerprint density at radius 1 is 1.09 bits per heavy atom. The van der Waals surface area contributed by atoms with Crippen molar-refractivity contribution in [3.05, 3.63) is 47.3 Å². The summed E-state index contributed by atoms with van der Waals surface area (Å²) in [5.74, 6) is 0.450. The molecule has 22 heavy (non-hydrogen) atoms. The zero-order valence-corrected chi connectivity index (χ0v) is 12.9. The van der Waals surface area contributed by atoms with Crippen molar-refractivity contribution in [1.29, 1.82) is 0 Å². The van der Waals surface area contributed by atoms with Crippen LogP contribution in [0.2, 0.25) is 0 Å². The molecule has 112 valence electrons. The van der Waals surface area contributed by atoms with Crippen molar-refractivity contribution in [2.24, 2.45) is 0 Å². The first kappa shape index (κ1) is 14.4. The van der Waals surface area contributed by atoms with Gasteiger partial charge in [0.25, 0.3) is 0 Å². The van der Waals surface area contributed by atoms with Crippen LogP contribution in [-0.2, 0) is 0 Å². The van der Waals surface area contributed by atoms with Gasteiger partial charge in [-0.25, -0.2) is 4.79 Å². The third-order valence-electron chi connectivity index (χ3n) is 3.52. The van der Waals surface area contributed by atoms with Gasteiger partial charge in [-0.3, -0.25) is 0 Å². The molecule has 4 nitrogen and oxygen atoms in total. The number of thiophene rings is 1. The normalized spacial score (nSPS) is 10.6. The van der Waals surface area contributed by atoms with E-state index < -0.39 is 5.97 Å². The third kappa shape index (κ3) is 2.29. The lowest BCUT2D eigenvalue weighted by atomic mass is 10.0. The van der Waals surface area contributed by atoms with Crippen molar-refractivity contribution in [2.75, 3.05) is 14.2 Å².